The minimum Gasteiger partial charge on any atom is -0.391 e. The summed E-state index contributed by atoms with van der Waals surface area (Å²) in [5, 5.41) is 9.27. The molecule has 4 heteroatoms. The Kier molecular flexibility index (Phi) is 3.25. The number of aliphatic hydroxyl groups is 1. The zero-order valence-electron chi connectivity index (χ0n) is 7.27. The van der Waals surface area contributed by atoms with E-state index in [1.165, 1.54) is 0 Å². The van der Waals surface area contributed by atoms with Gasteiger partial charge in [-0.1, -0.05) is 0 Å². The largest absolute Gasteiger partial charge is 0.391 e. The Morgan fingerprint density at radius 3 is 3.08 bits per heavy atom. The second kappa shape index (κ2) is 4.23. The van der Waals surface area contributed by atoms with Crippen LogP contribution in [0.4, 0.5) is 0 Å². The first-order chi connectivity index (χ1) is 5.77. The zero-order valence-corrected chi connectivity index (χ0v) is 7.27. The van der Waals surface area contributed by atoms with Crippen molar-refractivity contribution in [3.63, 3.8) is 0 Å². The van der Waals surface area contributed by atoms with E-state index < -0.39 is 6.10 Å². The van der Waals surface area contributed by atoms with Gasteiger partial charge in [0, 0.05) is 31.9 Å². The Bertz CT molecular complexity index is 234. The van der Waals surface area contributed by atoms with Gasteiger partial charge in [-0.25, -0.2) is 4.98 Å². The summed E-state index contributed by atoms with van der Waals surface area (Å²) in [5.74, 6) is 0.899. The summed E-state index contributed by atoms with van der Waals surface area (Å²) in [7, 11) is 0. The fraction of sp³-hybridized carbons (Fsp3) is 0.625. The molecule has 0 aliphatic carbocycles. The maximum absolute atomic E-state index is 9.27. The molecule has 1 aromatic heterocycles. The molecular formula is C8H15N3O. The molecule has 0 bridgehead atoms. The number of hydrogen-bond donors (Lipinski definition) is 2. The van der Waals surface area contributed by atoms with Crippen molar-refractivity contribution in [3.05, 3.63) is 18.2 Å². The summed E-state index contributed by atoms with van der Waals surface area (Å²) in [5.41, 5.74) is 5.29. The predicted molar refractivity (Wildman–Crippen MR) is 46.7 cm³/mol. The normalized spacial score (nSPS) is 13.2. The average molecular weight is 169 g/mol. The Balaban J connectivity index is 2.61. The highest BCUT2D eigenvalue weighted by Gasteiger charge is 2.06. The lowest BCUT2D eigenvalue weighted by atomic mass is 10.2. The maximum atomic E-state index is 9.27. The van der Waals surface area contributed by atoms with Gasteiger partial charge in [-0.3, -0.25) is 0 Å². The number of nitrogens with two attached hydrogens (primary N) is 1. The molecule has 1 atom stereocenters. The van der Waals surface area contributed by atoms with Crippen LogP contribution in [0.3, 0.4) is 0 Å². The Hall–Kier alpha value is -0.870. The fourth-order valence-electron chi connectivity index (χ4n) is 1.11. The molecule has 1 aromatic rings. The van der Waals surface area contributed by atoms with E-state index in [0.29, 0.717) is 6.42 Å². The van der Waals surface area contributed by atoms with Gasteiger partial charge in [0.05, 0.1) is 6.10 Å². The van der Waals surface area contributed by atoms with Crippen LogP contribution < -0.4 is 5.73 Å². The molecule has 0 saturated heterocycles. The van der Waals surface area contributed by atoms with Crippen LogP contribution in [0.25, 0.3) is 0 Å². The minimum atomic E-state index is -0.474. The lowest BCUT2D eigenvalue weighted by molar-refractivity contribution is 0.179. The highest BCUT2D eigenvalue weighted by atomic mass is 16.3. The first-order valence-electron chi connectivity index (χ1n) is 4.16. The van der Waals surface area contributed by atoms with E-state index in [2.05, 4.69) is 4.98 Å². The van der Waals surface area contributed by atoms with Crippen molar-refractivity contribution in [1.29, 1.82) is 0 Å². The monoisotopic (exact) mass is 169 g/mol. The predicted octanol–water partition coefficient (Wildman–Crippen LogP) is -0.235. The van der Waals surface area contributed by atoms with Gasteiger partial charge in [0.15, 0.2) is 0 Å². The van der Waals surface area contributed by atoms with E-state index in [0.717, 1.165) is 12.4 Å². The van der Waals surface area contributed by atoms with Crippen molar-refractivity contribution in [2.75, 3.05) is 6.54 Å². The third-order valence-electron chi connectivity index (χ3n) is 1.83. The maximum Gasteiger partial charge on any atom is 0.111 e. The average Bonchev–Trinajstić information content (AvgIpc) is 2.51. The van der Waals surface area contributed by atoms with Crippen molar-refractivity contribution in [3.8, 4) is 0 Å². The molecule has 0 radical (unpaired) electrons. The number of aryl methyl sites for hydroxylation is 1. The van der Waals surface area contributed by atoms with Gasteiger partial charge < -0.3 is 15.4 Å². The number of aliphatic hydroxyl groups excluding tert-OH is 1. The summed E-state index contributed by atoms with van der Waals surface area (Å²) < 4.78 is 2.00. The highest BCUT2D eigenvalue weighted by Crippen LogP contribution is 2.00. The molecule has 0 aliphatic heterocycles. The zero-order chi connectivity index (χ0) is 8.97. The van der Waals surface area contributed by atoms with Crippen molar-refractivity contribution >= 4 is 0 Å². The number of imidazole rings is 1. The molecule has 3 N–H and O–H groups in total. The highest BCUT2D eigenvalue weighted by molar-refractivity contribution is 4.94. The van der Waals surface area contributed by atoms with Crippen LogP contribution in [-0.4, -0.2) is 27.3 Å². The minimum absolute atomic E-state index is 0.288. The number of aromatic nitrogens is 2. The van der Waals surface area contributed by atoms with Crippen LogP contribution in [0.5, 0.6) is 0 Å². The molecule has 0 spiro atoms. The van der Waals surface area contributed by atoms with Gasteiger partial charge >= 0.3 is 0 Å². The molecule has 0 saturated carbocycles. The van der Waals surface area contributed by atoms with Crippen LogP contribution in [0.15, 0.2) is 12.4 Å². The van der Waals surface area contributed by atoms with Crippen molar-refractivity contribution < 1.29 is 5.11 Å². The van der Waals surface area contributed by atoms with Crippen LogP contribution in [0.2, 0.25) is 0 Å². The molecule has 1 rings (SSSR count). The molecule has 1 heterocycles. The second-order valence-corrected chi connectivity index (χ2v) is 2.72. The first kappa shape index (κ1) is 9.22. The summed E-state index contributed by atoms with van der Waals surface area (Å²) in [6.45, 7) is 3.21. The van der Waals surface area contributed by atoms with Gasteiger partial charge in [0.2, 0.25) is 0 Å². The smallest absolute Gasteiger partial charge is 0.111 e. The van der Waals surface area contributed by atoms with E-state index in [1.54, 1.807) is 6.20 Å². The molecule has 68 valence electrons. The summed E-state index contributed by atoms with van der Waals surface area (Å²) in [6.07, 6.45) is 3.70. The Labute approximate surface area is 72.0 Å². The lowest BCUT2D eigenvalue weighted by Crippen LogP contribution is -2.23. The van der Waals surface area contributed by atoms with E-state index in [4.69, 9.17) is 5.73 Å². The molecule has 0 amide bonds. The van der Waals surface area contributed by atoms with Crippen LogP contribution in [0.1, 0.15) is 12.7 Å². The van der Waals surface area contributed by atoms with E-state index in [1.807, 2.05) is 17.7 Å². The topological polar surface area (TPSA) is 64.1 Å². The third-order valence-corrected chi connectivity index (χ3v) is 1.83. The molecule has 1 unspecified atom stereocenters. The third kappa shape index (κ3) is 2.06. The second-order valence-electron chi connectivity index (χ2n) is 2.72. The molecule has 0 fully saturated rings. The Morgan fingerprint density at radius 2 is 2.50 bits per heavy atom. The first-order valence-corrected chi connectivity index (χ1v) is 4.16. The lowest BCUT2D eigenvalue weighted by Gasteiger charge is -2.08. The van der Waals surface area contributed by atoms with Crippen LogP contribution >= 0.6 is 0 Å². The van der Waals surface area contributed by atoms with Crippen LogP contribution in [0, 0.1) is 0 Å². The molecule has 4 nitrogen and oxygen atoms in total. The van der Waals surface area contributed by atoms with Gasteiger partial charge in [0.1, 0.15) is 5.82 Å². The Morgan fingerprint density at radius 1 is 1.75 bits per heavy atom. The van der Waals surface area contributed by atoms with E-state index in [-0.39, 0.29) is 6.54 Å². The summed E-state index contributed by atoms with van der Waals surface area (Å²) >= 11 is 0. The standard InChI is InChI=1S/C8H15N3O/c1-2-11-4-3-10-8(11)5-7(12)6-9/h3-4,7,12H,2,5-6,9H2,1H3. The fourth-order valence-corrected chi connectivity index (χ4v) is 1.11. The van der Waals surface area contributed by atoms with Crippen LogP contribution in [-0.2, 0) is 13.0 Å². The van der Waals surface area contributed by atoms with Gasteiger partial charge in [-0.05, 0) is 6.92 Å². The van der Waals surface area contributed by atoms with Crippen molar-refractivity contribution in [2.45, 2.75) is 26.0 Å². The molecule has 0 aromatic carbocycles. The van der Waals surface area contributed by atoms with Crippen molar-refractivity contribution in [1.82, 2.24) is 9.55 Å². The number of rotatable bonds is 4. The molecular weight excluding hydrogens is 154 g/mol. The molecule has 0 aliphatic rings. The molecule has 12 heavy (non-hydrogen) atoms. The summed E-state index contributed by atoms with van der Waals surface area (Å²) in [4.78, 5) is 4.12. The van der Waals surface area contributed by atoms with E-state index >= 15 is 0 Å². The summed E-state index contributed by atoms with van der Waals surface area (Å²) in [6, 6.07) is 0. The van der Waals surface area contributed by atoms with E-state index in [9.17, 15) is 5.11 Å². The van der Waals surface area contributed by atoms with Gasteiger partial charge in [0.25, 0.3) is 0 Å². The van der Waals surface area contributed by atoms with Crippen molar-refractivity contribution in [2.24, 2.45) is 5.73 Å². The quantitative estimate of drug-likeness (QED) is 0.654. The van der Waals surface area contributed by atoms with Gasteiger partial charge in [-0.15, -0.1) is 0 Å². The number of hydrogen-bond acceptors (Lipinski definition) is 3. The number of nitrogens with zero attached hydrogens (tertiary/aromatic N) is 2. The SMILES string of the molecule is CCn1ccnc1CC(O)CN. The van der Waals surface area contributed by atoms with Gasteiger partial charge in [-0.2, -0.15) is 0 Å².